The van der Waals surface area contributed by atoms with Gasteiger partial charge in [0.1, 0.15) is 15.7 Å². The topological polar surface area (TPSA) is 118 Å². The van der Waals surface area contributed by atoms with Gasteiger partial charge >= 0.3 is 0 Å². The zero-order valence-electron chi connectivity index (χ0n) is 12.6. The number of hydrazine groups is 1. The molecule has 1 aromatic heterocycles. The van der Waals surface area contributed by atoms with Crippen LogP contribution in [0.25, 0.3) is 0 Å². The van der Waals surface area contributed by atoms with E-state index in [4.69, 9.17) is 5.84 Å². The number of hydrogen-bond acceptors (Lipinski definition) is 7. The highest BCUT2D eigenvalue weighted by molar-refractivity contribution is 7.90. The summed E-state index contributed by atoms with van der Waals surface area (Å²) in [6, 6.07) is 0. The van der Waals surface area contributed by atoms with E-state index in [1.54, 1.807) is 0 Å². The van der Waals surface area contributed by atoms with E-state index >= 15 is 0 Å². The molecule has 21 heavy (non-hydrogen) atoms. The Kier molecular flexibility index (Phi) is 5.62. The molecular weight excluding hydrogens is 294 g/mol. The van der Waals surface area contributed by atoms with E-state index in [1.165, 1.54) is 18.1 Å². The smallest absolute Gasteiger partial charge is 0.274 e. The van der Waals surface area contributed by atoms with Gasteiger partial charge in [-0.25, -0.2) is 18.4 Å². The predicted molar refractivity (Wildman–Crippen MR) is 80.6 cm³/mol. The van der Waals surface area contributed by atoms with Crippen molar-refractivity contribution < 1.29 is 13.2 Å². The number of rotatable bonds is 6. The SMILES string of the molecule is CC(C)c1ncc(NN)c(C(=O)N(C)CCS(C)(=O)=O)n1. The molecule has 0 bridgehead atoms. The van der Waals surface area contributed by atoms with E-state index in [-0.39, 0.29) is 23.9 Å². The Morgan fingerprint density at radius 1 is 1.48 bits per heavy atom. The highest BCUT2D eigenvalue weighted by atomic mass is 32.2. The molecular formula is C12H21N5O3S. The summed E-state index contributed by atoms with van der Waals surface area (Å²) in [7, 11) is -1.62. The summed E-state index contributed by atoms with van der Waals surface area (Å²) in [5.74, 6) is 5.43. The van der Waals surface area contributed by atoms with Crippen molar-refractivity contribution in [2.45, 2.75) is 19.8 Å². The van der Waals surface area contributed by atoms with Gasteiger partial charge in [-0.2, -0.15) is 0 Å². The minimum Gasteiger partial charge on any atom is -0.339 e. The van der Waals surface area contributed by atoms with Crippen LogP contribution in [0.5, 0.6) is 0 Å². The van der Waals surface area contributed by atoms with Crippen molar-refractivity contribution in [2.75, 3.05) is 31.0 Å². The van der Waals surface area contributed by atoms with E-state index in [2.05, 4.69) is 15.4 Å². The lowest BCUT2D eigenvalue weighted by Crippen LogP contribution is -2.33. The van der Waals surface area contributed by atoms with E-state index in [1.807, 2.05) is 13.8 Å². The number of nitrogens with zero attached hydrogens (tertiary/aromatic N) is 3. The van der Waals surface area contributed by atoms with Crippen LogP contribution in [0.4, 0.5) is 5.69 Å². The molecule has 0 aromatic carbocycles. The Balaban J connectivity index is 3.01. The molecule has 0 fully saturated rings. The van der Waals surface area contributed by atoms with Gasteiger partial charge in [0.05, 0.1) is 17.6 Å². The number of anilines is 1. The van der Waals surface area contributed by atoms with Gasteiger partial charge in [-0.1, -0.05) is 13.8 Å². The first kappa shape index (κ1) is 17.3. The van der Waals surface area contributed by atoms with Crippen molar-refractivity contribution in [1.82, 2.24) is 14.9 Å². The molecule has 0 aliphatic rings. The predicted octanol–water partition coefficient (Wildman–Crippen LogP) is 0.00220. The molecule has 0 radical (unpaired) electrons. The minimum absolute atomic E-state index is 0.0599. The molecule has 1 amide bonds. The second-order valence-corrected chi connectivity index (χ2v) is 7.41. The summed E-state index contributed by atoms with van der Waals surface area (Å²) >= 11 is 0. The number of nitrogen functional groups attached to an aromatic ring is 1. The fourth-order valence-electron chi connectivity index (χ4n) is 1.53. The molecule has 0 aliphatic heterocycles. The van der Waals surface area contributed by atoms with Crippen LogP contribution in [0.3, 0.4) is 0 Å². The first-order valence-corrected chi connectivity index (χ1v) is 8.48. The number of nitrogens with two attached hydrogens (primary N) is 1. The molecule has 0 spiro atoms. The second kappa shape index (κ2) is 6.81. The molecule has 0 aliphatic carbocycles. The normalized spacial score (nSPS) is 11.5. The molecule has 1 heterocycles. The highest BCUT2D eigenvalue weighted by Crippen LogP contribution is 2.16. The average Bonchev–Trinajstić information content (AvgIpc) is 2.42. The standard InChI is InChI=1S/C12H21N5O3S/c1-8(2)11-14-7-9(16-13)10(15-11)12(18)17(3)5-6-21(4,19)20/h7-8,16H,5-6,13H2,1-4H3. The minimum atomic E-state index is -3.14. The van der Waals surface area contributed by atoms with Crippen LogP contribution < -0.4 is 11.3 Å². The summed E-state index contributed by atoms with van der Waals surface area (Å²) in [6.07, 6.45) is 2.57. The van der Waals surface area contributed by atoms with Crippen LogP contribution in [0.1, 0.15) is 36.1 Å². The lowest BCUT2D eigenvalue weighted by Gasteiger charge is -2.18. The van der Waals surface area contributed by atoms with Gasteiger partial charge in [-0.15, -0.1) is 0 Å². The third-order valence-electron chi connectivity index (χ3n) is 2.83. The van der Waals surface area contributed by atoms with Gasteiger partial charge in [0.2, 0.25) is 0 Å². The average molecular weight is 315 g/mol. The fraction of sp³-hybridized carbons (Fsp3) is 0.583. The third kappa shape index (κ3) is 4.94. The zero-order chi connectivity index (χ0) is 16.2. The van der Waals surface area contributed by atoms with Crippen LogP contribution >= 0.6 is 0 Å². The number of hydrogen-bond donors (Lipinski definition) is 2. The van der Waals surface area contributed by atoms with E-state index in [0.717, 1.165) is 6.26 Å². The fourth-order valence-corrected chi connectivity index (χ4v) is 2.13. The van der Waals surface area contributed by atoms with E-state index in [9.17, 15) is 13.2 Å². The number of carbonyl (C=O) groups is 1. The first-order valence-electron chi connectivity index (χ1n) is 6.42. The van der Waals surface area contributed by atoms with Crippen LogP contribution in [0.2, 0.25) is 0 Å². The number of sulfone groups is 1. The van der Waals surface area contributed by atoms with Crippen molar-refractivity contribution in [3.8, 4) is 0 Å². The maximum Gasteiger partial charge on any atom is 0.274 e. The maximum absolute atomic E-state index is 12.4. The Morgan fingerprint density at radius 3 is 2.57 bits per heavy atom. The van der Waals surface area contributed by atoms with Gasteiger partial charge < -0.3 is 10.3 Å². The van der Waals surface area contributed by atoms with Crippen LogP contribution in [-0.2, 0) is 9.84 Å². The van der Waals surface area contributed by atoms with Gasteiger partial charge in [-0.3, -0.25) is 10.6 Å². The third-order valence-corrected chi connectivity index (χ3v) is 3.75. The van der Waals surface area contributed by atoms with E-state index < -0.39 is 15.7 Å². The van der Waals surface area contributed by atoms with Gasteiger partial charge in [-0.05, 0) is 0 Å². The Labute approximate surface area is 124 Å². The van der Waals surface area contributed by atoms with Gasteiger partial charge in [0.15, 0.2) is 5.69 Å². The lowest BCUT2D eigenvalue weighted by atomic mass is 10.2. The monoisotopic (exact) mass is 315 g/mol. The summed E-state index contributed by atoms with van der Waals surface area (Å²) in [5, 5.41) is 0. The van der Waals surface area contributed by atoms with Crippen molar-refractivity contribution in [3.05, 3.63) is 17.7 Å². The Hall–Kier alpha value is -1.74. The summed E-state index contributed by atoms with van der Waals surface area (Å²) in [4.78, 5) is 22.0. The second-order valence-electron chi connectivity index (χ2n) is 5.15. The number of amides is 1. The van der Waals surface area contributed by atoms with Crippen molar-refractivity contribution in [2.24, 2.45) is 5.84 Å². The molecule has 1 aromatic rings. The Bertz CT molecular complexity index is 615. The molecule has 3 N–H and O–H groups in total. The lowest BCUT2D eigenvalue weighted by molar-refractivity contribution is 0.0798. The van der Waals surface area contributed by atoms with Crippen molar-refractivity contribution in [3.63, 3.8) is 0 Å². The molecule has 9 heteroatoms. The van der Waals surface area contributed by atoms with Crippen LogP contribution in [0.15, 0.2) is 6.20 Å². The van der Waals surface area contributed by atoms with Crippen molar-refractivity contribution in [1.29, 1.82) is 0 Å². The molecule has 8 nitrogen and oxygen atoms in total. The molecule has 0 atom stereocenters. The molecule has 0 unspecified atom stereocenters. The first-order chi connectivity index (χ1) is 9.65. The van der Waals surface area contributed by atoms with E-state index in [0.29, 0.717) is 11.5 Å². The summed E-state index contributed by atoms with van der Waals surface area (Å²) in [5.41, 5.74) is 2.81. The largest absolute Gasteiger partial charge is 0.339 e. The number of nitrogens with one attached hydrogen (secondary N) is 1. The number of aromatic nitrogens is 2. The molecule has 0 saturated carbocycles. The molecule has 118 valence electrons. The number of carbonyl (C=O) groups excluding carboxylic acids is 1. The quantitative estimate of drug-likeness (QED) is 0.560. The molecule has 1 rings (SSSR count). The summed E-state index contributed by atoms with van der Waals surface area (Å²) < 4.78 is 22.3. The van der Waals surface area contributed by atoms with Gasteiger partial charge in [0.25, 0.3) is 5.91 Å². The highest BCUT2D eigenvalue weighted by Gasteiger charge is 2.20. The van der Waals surface area contributed by atoms with Crippen molar-refractivity contribution >= 4 is 21.4 Å². The van der Waals surface area contributed by atoms with Crippen LogP contribution in [-0.4, -0.2) is 54.8 Å². The molecule has 0 saturated heterocycles. The van der Waals surface area contributed by atoms with Crippen LogP contribution in [0, 0.1) is 0 Å². The zero-order valence-corrected chi connectivity index (χ0v) is 13.4. The Morgan fingerprint density at radius 2 is 2.10 bits per heavy atom. The summed E-state index contributed by atoms with van der Waals surface area (Å²) in [6.45, 7) is 3.90. The maximum atomic E-state index is 12.4. The van der Waals surface area contributed by atoms with Gasteiger partial charge in [0, 0.05) is 25.8 Å².